The van der Waals surface area contributed by atoms with E-state index in [1.54, 1.807) is 19.0 Å². The highest BCUT2D eigenvalue weighted by Gasteiger charge is 2.27. The van der Waals surface area contributed by atoms with Crippen molar-refractivity contribution < 1.29 is 9.53 Å². The number of rotatable bonds is 5. The molecular weight excluding hydrogens is 467 g/mol. The van der Waals surface area contributed by atoms with Gasteiger partial charge in [-0.2, -0.15) is 0 Å². The van der Waals surface area contributed by atoms with Crippen molar-refractivity contribution >= 4 is 35.8 Å². The Morgan fingerprint density at radius 2 is 1.93 bits per heavy atom. The first kappa shape index (κ1) is 22.9. The molecule has 3 rings (SSSR count). The molecule has 7 heteroatoms. The molecule has 2 fully saturated rings. The lowest BCUT2D eigenvalue weighted by Gasteiger charge is -2.29. The molecule has 2 saturated heterocycles. The van der Waals surface area contributed by atoms with Crippen LogP contribution in [-0.2, 0) is 16.0 Å². The van der Waals surface area contributed by atoms with Gasteiger partial charge in [-0.15, -0.1) is 24.0 Å². The van der Waals surface area contributed by atoms with Crippen molar-refractivity contribution in [3.8, 4) is 0 Å². The first-order valence-electron chi connectivity index (χ1n) is 9.99. The third-order valence-electron chi connectivity index (χ3n) is 5.37. The van der Waals surface area contributed by atoms with Crippen LogP contribution in [0.3, 0.4) is 0 Å². The number of carbonyl (C=O) groups is 1. The topological polar surface area (TPSA) is 57.2 Å². The number of likely N-dealkylation sites (tertiary alicyclic amines) is 1. The molecule has 0 bridgehead atoms. The SMILES string of the molecule is CN(C)C(=O)CN=C(NC1CCOCC1)N1CCC(Cc2ccccc2)C1.I. The van der Waals surface area contributed by atoms with Crippen LogP contribution < -0.4 is 5.32 Å². The van der Waals surface area contributed by atoms with Gasteiger partial charge in [0.2, 0.25) is 5.91 Å². The van der Waals surface area contributed by atoms with Crippen LogP contribution in [0.5, 0.6) is 0 Å². The summed E-state index contributed by atoms with van der Waals surface area (Å²) >= 11 is 0. The maximum absolute atomic E-state index is 12.0. The summed E-state index contributed by atoms with van der Waals surface area (Å²) in [4.78, 5) is 20.6. The smallest absolute Gasteiger partial charge is 0.243 e. The molecule has 6 nitrogen and oxygen atoms in total. The number of carbonyl (C=O) groups excluding carboxylic acids is 1. The first-order valence-corrected chi connectivity index (χ1v) is 9.99. The van der Waals surface area contributed by atoms with Gasteiger partial charge >= 0.3 is 0 Å². The van der Waals surface area contributed by atoms with Gasteiger partial charge in [0.15, 0.2) is 5.96 Å². The number of halogens is 1. The largest absolute Gasteiger partial charge is 0.381 e. The van der Waals surface area contributed by atoms with Crippen molar-refractivity contribution in [2.75, 3.05) is 46.9 Å². The van der Waals surface area contributed by atoms with Crippen molar-refractivity contribution in [2.24, 2.45) is 10.9 Å². The molecule has 0 aromatic heterocycles. The molecule has 1 aromatic carbocycles. The van der Waals surface area contributed by atoms with Crippen molar-refractivity contribution in [1.82, 2.24) is 15.1 Å². The van der Waals surface area contributed by atoms with E-state index in [0.717, 1.165) is 57.9 Å². The molecule has 2 aliphatic heterocycles. The molecular formula is C21H33IN4O2. The highest BCUT2D eigenvalue weighted by Crippen LogP contribution is 2.21. The van der Waals surface area contributed by atoms with Crippen LogP contribution >= 0.6 is 24.0 Å². The van der Waals surface area contributed by atoms with Crippen molar-refractivity contribution in [3.05, 3.63) is 35.9 Å². The van der Waals surface area contributed by atoms with Gasteiger partial charge in [0.05, 0.1) is 0 Å². The van der Waals surface area contributed by atoms with Crippen molar-refractivity contribution in [2.45, 2.75) is 31.7 Å². The monoisotopic (exact) mass is 500 g/mol. The molecule has 0 radical (unpaired) electrons. The Morgan fingerprint density at radius 1 is 1.21 bits per heavy atom. The zero-order valence-electron chi connectivity index (χ0n) is 17.0. The van der Waals surface area contributed by atoms with E-state index in [4.69, 9.17) is 4.74 Å². The summed E-state index contributed by atoms with van der Waals surface area (Å²) in [6.45, 7) is 3.75. The number of benzene rings is 1. The first-order chi connectivity index (χ1) is 13.1. The minimum Gasteiger partial charge on any atom is -0.381 e. The van der Waals surface area contributed by atoms with Crippen LogP contribution in [0.4, 0.5) is 0 Å². The molecule has 0 saturated carbocycles. The number of likely N-dealkylation sites (N-methyl/N-ethyl adjacent to an activating group) is 1. The van der Waals surface area contributed by atoms with E-state index in [-0.39, 0.29) is 36.4 Å². The average molecular weight is 500 g/mol. The molecule has 2 aliphatic rings. The summed E-state index contributed by atoms with van der Waals surface area (Å²) in [5, 5.41) is 3.60. The number of hydrogen-bond acceptors (Lipinski definition) is 3. The molecule has 1 aromatic rings. The van der Waals surface area contributed by atoms with E-state index < -0.39 is 0 Å². The summed E-state index contributed by atoms with van der Waals surface area (Å²) in [5.41, 5.74) is 1.39. The second-order valence-corrected chi connectivity index (χ2v) is 7.75. The lowest BCUT2D eigenvalue weighted by molar-refractivity contribution is -0.127. The molecule has 1 N–H and O–H groups in total. The fourth-order valence-electron chi connectivity index (χ4n) is 3.68. The molecule has 0 spiro atoms. The standard InChI is InChI=1S/C21H32N4O2.HI/c1-24(2)20(26)15-22-21(23-19-9-12-27-13-10-19)25-11-8-18(16-25)14-17-6-4-3-5-7-17;/h3-7,18-19H,8-16H2,1-2H3,(H,22,23);1H. The van der Waals surface area contributed by atoms with E-state index in [1.807, 2.05) is 0 Å². The Kier molecular flexibility index (Phi) is 9.50. The van der Waals surface area contributed by atoms with Crippen LogP contribution in [-0.4, -0.2) is 74.7 Å². The van der Waals surface area contributed by atoms with Gasteiger partial charge in [-0.05, 0) is 37.2 Å². The highest BCUT2D eigenvalue weighted by molar-refractivity contribution is 14.0. The van der Waals surface area contributed by atoms with E-state index >= 15 is 0 Å². The van der Waals surface area contributed by atoms with Crippen molar-refractivity contribution in [3.63, 3.8) is 0 Å². The van der Waals surface area contributed by atoms with E-state index in [9.17, 15) is 4.79 Å². The summed E-state index contributed by atoms with van der Waals surface area (Å²) < 4.78 is 5.47. The normalized spacial score (nSPS) is 20.6. The predicted molar refractivity (Wildman–Crippen MR) is 123 cm³/mol. The van der Waals surface area contributed by atoms with Gasteiger partial charge < -0.3 is 19.9 Å². The third kappa shape index (κ3) is 6.92. The number of ether oxygens (including phenoxy) is 1. The summed E-state index contributed by atoms with van der Waals surface area (Å²) in [5.74, 6) is 1.53. The number of guanidine groups is 1. The Hall–Kier alpha value is -1.35. The van der Waals surface area contributed by atoms with Gasteiger partial charge in [0.25, 0.3) is 0 Å². The maximum atomic E-state index is 12.0. The van der Waals surface area contributed by atoms with Gasteiger partial charge in [0.1, 0.15) is 6.54 Å². The molecule has 1 amide bonds. The molecule has 156 valence electrons. The van der Waals surface area contributed by atoms with Gasteiger partial charge in [-0.25, -0.2) is 4.99 Å². The quantitative estimate of drug-likeness (QED) is 0.384. The van der Waals surface area contributed by atoms with E-state index in [2.05, 4.69) is 45.5 Å². The maximum Gasteiger partial charge on any atom is 0.243 e. The average Bonchev–Trinajstić information content (AvgIpc) is 3.14. The Labute approximate surface area is 185 Å². The Morgan fingerprint density at radius 3 is 2.61 bits per heavy atom. The Balaban J connectivity index is 0.00000280. The van der Waals surface area contributed by atoms with Gasteiger partial charge in [-0.1, -0.05) is 30.3 Å². The zero-order valence-corrected chi connectivity index (χ0v) is 19.3. The summed E-state index contributed by atoms with van der Waals surface area (Å²) in [6.07, 6.45) is 4.23. The van der Waals surface area contributed by atoms with Gasteiger partial charge in [0, 0.05) is 46.4 Å². The minimum absolute atomic E-state index is 0. The second kappa shape index (κ2) is 11.6. The number of aliphatic imine (C=N–C) groups is 1. The fourth-order valence-corrected chi connectivity index (χ4v) is 3.68. The molecule has 28 heavy (non-hydrogen) atoms. The molecule has 1 atom stereocenters. The predicted octanol–water partition coefficient (Wildman–Crippen LogP) is 2.38. The van der Waals surface area contributed by atoms with Crippen LogP contribution in [0.1, 0.15) is 24.8 Å². The lowest BCUT2D eigenvalue weighted by atomic mass is 9.99. The van der Waals surface area contributed by atoms with E-state index in [0.29, 0.717) is 12.0 Å². The Bertz CT molecular complexity index is 633. The zero-order chi connectivity index (χ0) is 19.1. The van der Waals surface area contributed by atoms with Crippen LogP contribution in [0, 0.1) is 5.92 Å². The van der Waals surface area contributed by atoms with Crippen LogP contribution in [0.25, 0.3) is 0 Å². The van der Waals surface area contributed by atoms with Crippen LogP contribution in [0.2, 0.25) is 0 Å². The summed E-state index contributed by atoms with van der Waals surface area (Å²) in [7, 11) is 3.55. The van der Waals surface area contributed by atoms with Gasteiger partial charge in [-0.3, -0.25) is 4.79 Å². The van der Waals surface area contributed by atoms with Crippen LogP contribution in [0.15, 0.2) is 35.3 Å². The fraction of sp³-hybridized carbons (Fsp3) is 0.619. The summed E-state index contributed by atoms with van der Waals surface area (Å²) in [6, 6.07) is 11.1. The van der Waals surface area contributed by atoms with Crippen molar-refractivity contribution in [1.29, 1.82) is 0 Å². The van der Waals surface area contributed by atoms with E-state index in [1.165, 1.54) is 5.56 Å². The number of nitrogens with one attached hydrogen (secondary N) is 1. The highest BCUT2D eigenvalue weighted by atomic mass is 127. The minimum atomic E-state index is 0. The molecule has 1 unspecified atom stereocenters. The number of nitrogens with zero attached hydrogens (tertiary/aromatic N) is 3. The number of amides is 1. The second-order valence-electron chi connectivity index (χ2n) is 7.75. The molecule has 2 heterocycles. The molecule has 0 aliphatic carbocycles. The number of hydrogen-bond donors (Lipinski definition) is 1. The lowest BCUT2D eigenvalue weighted by Crippen LogP contribution is -2.47. The third-order valence-corrected chi connectivity index (χ3v) is 5.37.